The molecule has 7 heteroatoms. The van der Waals surface area contributed by atoms with E-state index in [2.05, 4.69) is 4.72 Å². The minimum absolute atomic E-state index is 0.129. The molecule has 1 aromatic rings. The first-order chi connectivity index (χ1) is 10.3. The second-order valence-electron chi connectivity index (χ2n) is 5.60. The Morgan fingerprint density at radius 1 is 1.32 bits per heavy atom. The lowest BCUT2D eigenvalue weighted by Gasteiger charge is -2.26. The second kappa shape index (κ2) is 6.46. The first-order valence-electron chi connectivity index (χ1n) is 7.09. The largest absolute Gasteiger partial charge is 0.481 e. The van der Waals surface area contributed by atoms with Crippen LogP contribution in [0.25, 0.3) is 0 Å². The van der Waals surface area contributed by atoms with Crippen LogP contribution in [0.5, 0.6) is 0 Å². The van der Waals surface area contributed by atoms with Gasteiger partial charge in [-0.15, -0.1) is 0 Å². The number of rotatable bonds is 4. The average molecular weight is 322 g/mol. The molecule has 1 fully saturated rings. The monoisotopic (exact) mass is 322 g/mol. The number of carboxylic acids is 1. The lowest BCUT2D eigenvalue weighted by Crippen LogP contribution is -2.38. The van der Waals surface area contributed by atoms with Crippen LogP contribution in [0, 0.1) is 24.2 Å². The maximum atomic E-state index is 12.4. The number of aryl methyl sites for hydroxylation is 1. The molecule has 0 unspecified atom stereocenters. The lowest BCUT2D eigenvalue weighted by atomic mass is 9.87. The molecular formula is C15H18N2O4S. The summed E-state index contributed by atoms with van der Waals surface area (Å²) in [4.78, 5) is 11.0. The molecule has 6 nitrogen and oxygen atoms in total. The molecule has 2 N–H and O–H groups in total. The molecule has 0 atom stereocenters. The quantitative estimate of drug-likeness (QED) is 0.878. The van der Waals surface area contributed by atoms with Crippen LogP contribution in [-0.4, -0.2) is 25.5 Å². The van der Waals surface area contributed by atoms with Gasteiger partial charge in [-0.2, -0.15) is 5.26 Å². The Kier molecular flexibility index (Phi) is 4.84. The molecule has 0 heterocycles. The van der Waals surface area contributed by atoms with E-state index in [1.165, 1.54) is 18.2 Å². The summed E-state index contributed by atoms with van der Waals surface area (Å²) in [6.07, 6.45) is 2.00. The van der Waals surface area contributed by atoms with Gasteiger partial charge in [0.05, 0.1) is 22.4 Å². The maximum absolute atomic E-state index is 12.4. The van der Waals surface area contributed by atoms with E-state index < -0.39 is 16.0 Å². The van der Waals surface area contributed by atoms with Crippen LogP contribution >= 0.6 is 0 Å². The van der Waals surface area contributed by atoms with E-state index in [1.807, 2.05) is 6.07 Å². The van der Waals surface area contributed by atoms with Gasteiger partial charge in [0.2, 0.25) is 10.0 Å². The number of hydrogen-bond donors (Lipinski definition) is 2. The molecule has 1 aromatic carbocycles. The highest BCUT2D eigenvalue weighted by molar-refractivity contribution is 7.89. The summed E-state index contributed by atoms with van der Waals surface area (Å²) in [5, 5.41) is 17.8. The number of benzene rings is 1. The standard InChI is InChI=1S/C15H18N2O4S/c1-10-8-14(7-4-12(10)9-16)22(20,21)17-13-5-2-11(3-6-13)15(18)19/h4,7-8,11,13,17H,2-3,5-6H2,1H3,(H,18,19). The van der Waals surface area contributed by atoms with Crippen molar-refractivity contribution in [1.29, 1.82) is 5.26 Å². The zero-order valence-electron chi connectivity index (χ0n) is 12.2. The summed E-state index contributed by atoms with van der Waals surface area (Å²) in [7, 11) is -3.65. The normalized spacial score (nSPS) is 22.0. The van der Waals surface area contributed by atoms with Crippen LogP contribution in [-0.2, 0) is 14.8 Å². The number of carbonyl (C=O) groups is 1. The first-order valence-corrected chi connectivity index (χ1v) is 8.57. The third-order valence-electron chi connectivity index (χ3n) is 4.03. The Morgan fingerprint density at radius 3 is 2.45 bits per heavy atom. The lowest BCUT2D eigenvalue weighted by molar-refractivity contribution is -0.142. The number of sulfonamides is 1. The van der Waals surface area contributed by atoms with Crippen LogP contribution in [0.2, 0.25) is 0 Å². The molecule has 0 spiro atoms. The van der Waals surface area contributed by atoms with Gasteiger partial charge in [-0.1, -0.05) is 0 Å². The van der Waals surface area contributed by atoms with E-state index in [0.717, 1.165) is 0 Å². The summed E-state index contributed by atoms with van der Waals surface area (Å²) < 4.78 is 27.3. The van der Waals surface area contributed by atoms with Crippen molar-refractivity contribution in [2.45, 2.75) is 43.5 Å². The molecular weight excluding hydrogens is 304 g/mol. The van der Waals surface area contributed by atoms with Crippen LogP contribution in [0.4, 0.5) is 0 Å². The molecule has 1 saturated carbocycles. The summed E-state index contributed by atoms with van der Waals surface area (Å²) in [5.41, 5.74) is 1.06. The predicted molar refractivity (Wildman–Crippen MR) is 79.6 cm³/mol. The Hall–Kier alpha value is -1.91. The average Bonchev–Trinajstić information content (AvgIpc) is 2.47. The van der Waals surface area contributed by atoms with Gasteiger partial charge in [0.1, 0.15) is 0 Å². The zero-order chi connectivity index (χ0) is 16.3. The SMILES string of the molecule is Cc1cc(S(=O)(=O)NC2CCC(C(=O)O)CC2)ccc1C#N. The number of carboxylic acid groups (broad SMARTS) is 1. The zero-order valence-corrected chi connectivity index (χ0v) is 13.1. The van der Waals surface area contributed by atoms with Gasteiger partial charge in [-0.25, -0.2) is 13.1 Å². The van der Waals surface area contributed by atoms with Crippen molar-refractivity contribution in [3.63, 3.8) is 0 Å². The van der Waals surface area contributed by atoms with Crippen molar-refractivity contribution in [1.82, 2.24) is 4.72 Å². The van der Waals surface area contributed by atoms with Crippen LogP contribution in [0.3, 0.4) is 0 Å². The smallest absolute Gasteiger partial charge is 0.306 e. The van der Waals surface area contributed by atoms with Gasteiger partial charge in [-0.3, -0.25) is 4.79 Å². The van der Waals surface area contributed by atoms with E-state index in [1.54, 1.807) is 6.92 Å². The third-order valence-corrected chi connectivity index (χ3v) is 5.55. The van der Waals surface area contributed by atoms with Crippen LogP contribution in [0.1, 0.15) is 36.8 Å². The van der Waals surface area contributed by atoms with Crippen molar-refractivity contribution in [2.24, 2.45) is 5.92 Å². The molecule has 2 rings (SSSR count). The highest BCUT2D eigenvalue weighted by Crippen LogP contribution is 2.26. The van der Waals surface area contributed by atoms with Crippen LogP contribution < -0.4 is 4.72 Å². The summed E-state index contributed by atoms with van der Waals surface area (Å²) in [6, 6.07) is 6.14. The molecule has 0 saturated heterocycles. The van der Waals surface area contributed by atoms with Gasteiger partial charge in [-0.05, 0) is 56.4 Å². The molecule has 0 bridgehead atoms. The first kappa shape index (κ1) is 16.5. The van der Waals surface area contributed by atoms with Gasteiger partial charge in [0.25, 0.3) is 0 Å². The van der Waals surface area contributed by atoms with Crippen molar-refractivity contribution in [2.75, 3.05) is 0 Å². The molecule has 0 aliphatic heterocycles. The maximum Gasteiger partial charge on any atom is 0.306 e. The highest BCUT2D eigenvalue weighted by Gasteiger charge is 2.28. The molecule has 0 amide bonds. The van der Waals surface area contributed by atoms with Crippen molar-refractivity contribution in [3.8, 4) is 6.07 Å². The molecule has 1 aliphatic rings. The molecule has 1 aliphatic carbocycles. The van der Waals surface area contributed by atoms with E-state index in [-0.39, 0.29) is 16.9 Å². The summed E-state index contributed by atoms with van der Waals surface area (Å²) >= 11 is 0. The van der Waals surface area contributed by atoms with Crippen molar-refractivity contribution < 1.29 is 18.3 Å². The van der Waals surface area contributed by atoms with Gasteiger partial charge in [0.15, 0.2) is 0 Å². The molecule has 22 heavy (non-hydrogen) atoms. The van der Waals surface area contributed by atoms with E-state index >= 15 is 0 Å². The molecule has 0 aromatic heterocycles. The minimum Gasteiger partial charge on any atom is -0.481 e. The third kappa shape index (κ3) is 3.64. The Morgan fingerprint density at radius 2 is 1.95 bits per heavy atom. The number of nitrogens with one attached hydrogen (secondary N) is 1. The van der Waals surface area contributed by atoms with Crippen molar-refractivity contribution >= 4 is 16.0 Å². The second-order valence-corrected chi connectivity index (χ2v) is 7.31. The van der Waals surface area contributed by atoms with Crippen molar-refractivity contribution in [3.05, 3.63) is 29.3 Å². The van der Waals surface area contributed by atoms with Gasteiger partial charge < -0.3 is 5.11 Å². The Balaban J connectivity index is 2.08. The van der Waals surface area contributed by atoms with Gasteiger partial charge >= 0.3 is 5.97 Å². The van der Waals surface area contributed by atoms with Gasteiger partial charge in [0, 0.05) is 6.04 Å². The Labute approximate surface area is 129 Å². The number of aliphatic carboxylic acids is 1. The topological polar surface area (TPSA) is 107 Å². The Bertz CT molecular complexity index is 714. The fourth-order valence-electron chi connectivity index (χ4n) is 2.67. The summed E-state index contributed by atoms with van der Waals surface area (Å²) in [5.74, 6) is -1.19. The fraction of sp³-hybridized carbons (Fsp3) is 0.467. The minimum atomic E-state index is -3.65. The van der Waals surface area contributed by atoms with Crippen LogP contribution in [0.15, 0.2) is 23.1 Å². The fourth-order valence-corrected chi connectivity index (χ4v) is 4.06. The van der Waals surface area contributed by atoms with E-state index in [0.29, 0.717) is 36.8 Å². The highest BCUT2D eigenvalue weighted by atomic mass is 32.2. The van der Waals surface area contributed by atoms with E-state index in [4.69, 9.17) is 10.4 Å². The number of nitrogens with zero attached hydrogens (tertiary/aromatic N) is 1. The number of nitriles is 1. The molecule has 118 valence electrons. The molecule has 0 radical (unpaired) electrons. The number of hydrogen-bond acceptors (Lipinski definition) is 4. The summed E-state index contributed by atoms with van der Waals surface area (Å²) in [6.45, 7) is 1.69. The predicted octanol–water partition coefficient (Wildman–Crippen LogP) is 1.79. The van der Waals surface area contributed by atoms with E-state index in [9.17, 15) is 13.2 Å².